The van der Waals surface area contributed by atoms with Crippen molar-refractivity contribution < 1.29 is 27.5 Å². The van der Waals surface area contributed by atoms with Crippen LogP contribution in [0.3, 0.4) is 0 Å². The van der Waals surface area contributed by atoms with Crippen molar-refractivity contribution in [2.24, 2.45) is 16.9 Å². The predicted molar refractivity (Wildman–Crippen MR) is 129 cm³/mol. The quantitative estimate of drug-likeness (QED) is 0.211. The summed E-state index contributed by atoms with van der Waals surface area (Å²) in [5, 5.41) is 16.1. The largest absolute Gasteiger partial charge is 0.417 e. The number of nitrogens with one attached hydrogen (secondary N) is 1. The average molecular weight is 522 g/mol. The second-order valence-electron chi connectivity index (χ2n) is 9.90. The smallest absolute Gasteiger partial charge is 0.364 e. The lowest BCUT2D eigenvalue weighted by atomic mass is 9.79. The van der Waals surface area contributed by atoms with Crippen molar-refractivity contribution in [1.82, 2.24) is 4.90 Å². The van der Waals surface area contributed by atoms with E-state index in [2.05, 4.69) is 15.4 Å². The van der Waals surface area contributed by atoms with Gasteiger partial charge in [-0.2, -0.15) is 25.0 Å². The zero-order valence-electron chi connectivity index (χ0n) is 20.3. The van der Waals surface area contributed by atoms with Gasteiger partial charge in [-0.25, -0.2) is 4.90 Å². The molecule has 0 spiro atoms. The van der Waals surface area contributed by atoms with E-state index in [4.69, 9.17) is 16.6 Å². The molecule has 0 unspecified atom stereocenters. The molecule has 194 valence electrons. The van der Waals surface area contributed by atoms with Gasteiger partial charge in [0.25, 0.3) is 5.96 Å². The molecule has 0 aliphatic carbocycles. The molecule has 2 bridgehead atoms. The lowest BCUT2D eigenvalue weighted by molar-refractivity contribution is -0.159. The number of ether oxygens (including phenoxy) is 1. The summed E-state index contributed by atoms with van der Waals surface area (Å²) in [7, 11) is 0. The van der Waals surface area contributed by atoms with Crippen LogP contribution in [0.1, 0.15) is 25.0 Å². The number of benzene rings is 2. The van der Waals surface area contributed by atoms with Crippen LogP contribution < -0.4 is 10.2 Å². The number of nitrogens with zero attached hydrogens (tertiary/aromatic N) is 5. The highest BCUT2D eigenvalue weighted by molar-refractivity contribution is 6.23. The Bertz CT molecular complexity index is 1410. The molecule has 2 aromatic carbocycles. The third-order valence-corrected chi connectivity index (χ3v) is 7.26. The molecular formula is C26H21F3N6O3. The molecule has 1 N–H and O–H groups in total. The Morgan fingerprint density at radius 3 is 2.26 bits per heavy atom. The third kappa shape index (κ3) is 3.85. The van der Waals surface area contributed by atoms with Gasteiger partial charge < -0.3 is 15.0 Å². The highest BCUT2D eigenvalue weighted by Gasteiger charge is 2.72. The number of hydrogen-bond donors (Lipinski definition) is 1. The minimum atomic E-state index is -4.84. The highest BCUT2D eigenvalue weighted by atomic mass is 19.4. The second-order valence-corrected chi connectivity index (χ2v) is 9.90. The second kappa shape index (κ2) is 8.57. The van der Waals surface area contributed by atoms with Crippen molar-refractivity contribution in [2.45, 2.75) is 31.2 Å². The first-order chi connectivity index (χ1) is 17.9. The number of nitriles is 1. The van der Waals surface area contributed by atoms with Crippen LogP contribution in [0.25, 0.3) is 4.95 Å². The Morgan fingerprint density at radius 2 is 1.74 bits per heavy atom. The van der Waals surface area contributed by atoms with Crippen molar-refractivity contribution >= 4 is 29.1 Å². The molecule has 9 nitrogen and oxygen atoms in total. The Hall–Kier alpha value is -4.42. The number of fused-ring (bicyclic) bond motifs is 5. The molecule has 2 aromatic rings. The standard InChI is InChI=1S/C26H21F3N6O3/c1-24-13-34(23(33-31-3)32-16-7-5-4-6-8-16)14-25(2,38-24)20-19(24)21(36)35(22(20)37)17-10-9-15(12-30)18(11-17)26(27,28)29/h4-11,19-20H,13-14H2,1-2H3,(H,32,33)/t19-,20+,24+,25-. The van der Waals surface area contributed by atoms with Gasteiger partial charge >= 0.3 is 6.18 Å². The van der Waals surface area contributed by atoms with Gasteiger partial charge in [0.15, 0.2) is 0 Å². The normalized spacial score (nSPS) is 28.7. The lowest BCUT2D eigenvalue weighted by Gasteiger charge is -2.45. The number of imide groups is 1. The predicted octanol–water partition coefficient (Wildman–Crippen LogP) is 3.85. The summed E-state index contributed by atoms with van der Waals surface area (Å²) >= 11 is 0. The van der Waals surface area contributed by atoms with Gasteiger partial charge in [-0.05, 0) is 44.2 Å². The van der Waals surface area contributed by atoms with E-state index in [0.717, 1.165) is 11.0 Å². The number of amides is 2. The monoisotopic (exact) mass is 522 g/mol. The fourth-order valence-electron chi connectivity index (χ4n) is 5.91. The minimum Gasteiger partial charge on any atom is -0.364 e. The van der Waals surface area contributed by atoms with Crippen molar-refractivity contribution in [2.75, 3.05) is 23.3 Å². The summed E-state index contributed by atoms with van der Waals surface area (Å²) in [4.78, 5) is 33.0. The van der Waals surface area contributed by atoms with Crippen molar-refractivity contribution in [3.63, 3.8) is 0 Å². The van der Waals surface area contributed by atoms with Crippen LogP contribution in [0.15, 0.2) is 53.6 Å². The number of hydrogen-bond acceptors (Lipinski definition) is 5. The maximum absolute atomic E-state index is 13.7. The van der Waals surface area contributed by atoms with Gasteiger partial charge in [-0.3, -0.25) is 9.59 Å². The van der Waals surface area contributed by atoms with Crippen molar-refractivity contribution in [1.29, 1.82) is 5.26 Å². The maximum atomic E-state index is 13.7. The summed E-state index contributed by atoms with van der Waals surface area (Å²) in [5.74, 6) is -3.07. The molecule has 12 heteroatoms. The Balaban J connectivity index is 1.49. The molecule has 3 heterocycles. The van der Waals surface area contributed by atoms with E-state index in [1.807, 2.05) is 18.2 Å². The van der Waals surface area contributed by atoms with Crippen LogP contribution in [0, 0.1) is 29.7 Å². The first kappa shape index (κ1) is 25.2. The molecule has 2 amide bonds. The minimum absolute atomic E-state index is 0.103. The summed E-state index contributed by atoms with van der Waals surface area (Å²) in [6, 6.07) is 13.3. The molecule has 3 fully saturated rings. The van der Waals surface area contributed by atoms with Gasteiger partial charge in [-0.15, -0.1) is 4.95 Å². The lowest BCUT2D eigenvalue weighted by Crippen LogP contribution is -2.60. The first-order valence-electron chi connectivity index (χ1n) is 11.6. The zero-order valence-corrected chi connectivity index (χ0v) is 20.3. The topological polar surface area (TPSA) is 102 Å². The number of para-hydroxylation sites is 1. The first-order valence-corrected chi connectivity index (χ1v) is 11.6. The van der Waals surface area contributed by atoms with E-state index in [0.29, 0.717) is 11.8 Å². The Morgan fingerprint density at radius 1 is 1.13 bits per heavy atom. The molecule has 3 aliphatic heterocycles. The summed E-state index contributed by atoms with van der Waals surface area (Å²) in [6.07, 6.45) is -4.84. The number of carbonyl (C=O) groups excluding carboxylic acids is 2. The molecule has 4 atom stereocenters. The molecular weight excluding hydrogens is 501 g/mol. The number of guanidine groups is 1. The fourth-order valence-corrected chi connectivity index (χ4v) is 5.91. The van der Waals surface area contributed by atoms with E-state index in [1.54, 1.807) is 30.9 Å². The Labute approximate surface area is 215 Å². The SMILES string of the molecule is [C-]#[N+]/N=C(\Nc1ccccc1)N1C[C@@]2(C)O[C@@](C)(C1)[C@H]1C(=O)N(c3ccc(C#N)c(C(F)(F)F)c3)C(=O)[C@H]12. The molecule has 3 aliphatic rings. The molecule has 0 radical (unpaired) electrons. The van der Waals surface area contributed by atoms with Crippen LogP contribution >= 0.6 is 0 Å². The van der Waals surface area contributed by atoms with Crippen LogP contribution in [0.4, 0.5) is 24.5 Å². The highest BCUT2D eigenvalue weighted by Crippen LogP contribution is 2.55. The van der Waals surface area contributed by atoms with Gasteiger partial charge in [0.05, 0.1) is 59.0 Å². The number of halogens is 3. The van der Waals surface area contributed by atoms with E-state index in [1.165, 1.54) is 12.1 Å². The van der Waals surface area contributed by atoms with Crippen LogP contribution in [0.2, 0.25) is 0 Å². The number of anilines is 2. The van der Waals surface area contributed by atoms with Crippen LogP contribution in [-0.2, 0) is 20.5 Å². The van der Waals surface area contributed by atoms with Gasteiger partial charge in [0.2, 0.25) is 11.8 Å². The van der Waals surface area contributed by atoms with E-state index in [-0.39, 0.29) is 24.7 Å². The molecule has 3 saturated heterocycles. The molecule has 0 aromatic heterocycles. The van der Waals surface area contributed by atoms with Gasteiger partial charge in [0.1, 0.15) is 5.10 Å². The summed E-state index contributed by atoms with van der Waals surface area (Å²) in [5.41, 5.74) is -3.78. The van der Waals surface area contributed by atoms with E-state index in [9.17, 15) is 22.8 Å². The summed E-state index contributed by atoms with van der Waals surface area (Å²) in [6.45, 7) is 10.8. The summed E-state index contributed by atoms with van der Waals surface area (Å²) < 4.78 is 47.0. The number of carbonyl (C=O) groups is 2. The maximum Gasteiger partial charge on any atom is 0.417 e. The van der Waals surface area contributed by atoms with E-state index < -0.39 is 52.2 Å². The van der Waals surface area contributed by atoms with Crippen LogP contribution in [0.5, 0.6) is 0 Å². The molecule has 0 saturated carbocycles. The number of likely N-dealkylation sites (tertiary alicyclic amines) is 1. The van der Waals surface area contributed by atoms with Gasteiger partial charge in [0, 0.05) is 5.69 Å². The van der Waals surface area contributed by atoms with Gasteiger partial charge in [-0.1, -0.05) is 18.2 Å². The van der Waals surface area contributed by atoms with Crippen molar-refractivity contribution in [3.8, 4) is 6.07 Å². The molecule has 5 rings (SSSR count). The third-order valence-electron chi connectivity index (χ3n) is 7.26. The fraction of sp³-hybridized carbons (Fsp3) is 0.346. The Kier molecular flexibility index (Phi) is 5.69. The number of rotatable bonds is 2. The average Bonchev–Trinajstić information content (AvgIpc) is 3.23. The van der Waals surface area contributed by atoms with Crippen molar-refractivity contribution in [3.05, 3.63) is 71.2 Å². The number of alkyl halides is 3. The van der Waals surface area contributed by atoms with Crippen LogP contribution in [-0.4, -0.2) is 47.0 Å². The number of morpholine rings is 1. The van der Waals surface area contributed by atoms with E-state index >= 15 is 0 Å². The molecule has 38 heavy (non-hydrogen) atoms. The zero-order chi connectivity index (χ0) is 27.5.